The third-order valence-electron chi connectivity index (χ3n) is 15.4. The van der Waals surface area contributed by atoms with E-state index >= 15 is 0 Å². The number of para-hydroxylation sites is 1. The molecule has 1 saturated carbocycles. The van der Waals surface area contributed by atoms with Crippen LogP contribution in [0.25, 0.3) is 10.9 Å². The van der Waals surface area contributed by atoms with Gasteiger partial charge >= 0.3 is 12.1 Å². The zero-order valence-corrected chi connectivity index (χ0v) is 46.9. The minimum atomic E-state index is -2.11. The summed E-state index contributed by atoms with van der Waals surface area (Å²) in [5, 5.41) is 35.6. The Balaban J connectivity index is 1.04. The number of nitrogens with zero attached hydrogens (tertiary/aromatic N) is 4. The van der Waals surface area contributed by atoms with Gasteiger partial charge in [0, 0.05) is 90.3 Å². The van der Waals surface area contributed by atoms with Crippen molar-refractivity contribution in [3.63, 3.8) is 0 Å². The standard InChI is InChI=1S/C55H76ClN9O13/c1-32-14-13-17-43(76-10)55(74)30-42(77-53(73)61-55)33(2)38-29-54(38,4)44(28-47(68)64(8)40-25-35(24-32)26-41(75-9)48(40)56)78-52(72)34(3)63(7)46(67)18-20-59-50(70)49(69)51(71)60-22-21-58-45(66)19-23-65-37(31-62(6)57-5)27-36-15-11-12-16-39(36)65/h11-17,25-27,33-34,38,42-44,49,57,69,74H,18-24,28-31H2,1-10H3,(H,58,66)(H,59,70)(H,60,71)(H,61,73)/b17-13+,32-14+/t33-,34?,38-,42-,43+,44-,49?,54-,55-/m0/s1. The Morgan fingerprint density at radius 2 is 1.69 bits per heavy atom. The molecule has 4 bridgehead atoms. The molecular formula is C55H76ClN9O13. The number of hydrogen-bond acceptors (Lipinski definition) is 15. The number of aliphatic hydroxyl groups is 2. The summed E-state index contributed by atoms with van der Waals surface area (Å²) in [6, 6.07) is 12.4. The van der Waals surface area contributed by atoms with E-state index in [1.54, 1.807) is 31.3 Å². The predicted octanol–water partition coefficient (Wildman–Crippen LogP) is 3.09. The number of aromatic nitrogens is 1. The van der Waals surface area contributed by atoms with Crippen molar-refractivity contribution in [1.82, 2.24) is 41.2 Å². The zero-order valence-electron chi connectivity index (χ0n) is 46.1. The summed E-state index contributed by atoms with van der Waals surface area (Å²) < 4.78 is 25.4. The highest BCUT2D eigenvalue weighted by Crippen LogP contribution is 2.61. The Bertz CT molecular complexity index is 2770. The minimum Gasteiger partial charge on any atom is -0.495 e. The van der Waals surface area contributed by atoms with Crippen molar-refractivity contribution in [3.8, 4) is 5.75 Å². The molecule has 0 radical (unpaired) electrons. The molecule has 7 N–H and O–H groups in total. The van der Waals surface area contributed by atoms with Gasteiger partial charge in [0.05, 0.1) is 25.8 Å². The summed E-state index contributed by atoms with van der Waals surface area (Å²) in [4.78, 5) is 95.7. The van der Waals surface area contributed by atoms with E-state index in [-0.39, 0.29) is 62.2 Å². The number of likely N-dealkylation sites (N-methyl/N-ethyl adjacent to an activating group) is 1. The predicted molar refractivity (Wildman–Crippen MR) is 291 cm³/mol. The first kappa shape index (κ1) is 60.7. The number of benzene rings is 2. The van der Waals surface area contributed by atoms with Gasteiger partial charge in [-0.25, -0.2) is 14.6 Å². The van der Waals surface area contributed by atoms with E-state index in [9.17, 15) is 43.8 Å². The molecule has 1 saturated heterocycles. The van der Waals surface area contributed by atoms with Gasteiger partial charge in [-0.2, -0.15) is 0 Å². The molecule has 2 aliphatic heterocycles. The Morgan fingerprint density at radius 1 is 1.00 bits per heavy atom. The smallest absolute Gasteiger partial charge is 0.409 e. The van der Waals surface area contributed by atoms with Crippen molar-refractivity contribution in [2.24, 2.45) is 17.3 Å². The second kappa shape index (κ2) is 26.4. The van der Waals surface area contributed by atoms with E-state index in [1.807, 2.05) is 70.2 Å². The van der Waals surface area contributed by atoms with Crippen LogP contribution >= 0.6 is 11.6 Å². The average Bonchev–Trinajstić information content (AvgIpc) is 4.17. The lowest BCUT2D eigenvalue weighted by Crippen LogP contribution is -2.63. The maximum Gasteiger partial charge on any atom is 0.409 e. The van der Waals surface area contributed by atoms with Crippen LogP contribution in [0.5, 0.6) is 5.75 Å². The van der Waals surface area contributed by atoms with Crippen molar-refractivity contribution in [2.45, 2.75) is 115 Å². The number of allylic oxidation sites excluding steroid dienone is 3. The molecule has 23 heteroatoms. The van der Waals surface area contributed by atoms with Crippen LogP contribution in [0.1, 0.15) is 71.1 Å². The first-order valence-electron chi connectivity index (χ1n) is 26.1. The Labute approximate surface area is 460 Å². The SMILES string of the molecule is CNN(C)Cc1cc2ccccc2n1CCC(=O)NCCNC(=O)C(O)C(=O)NCCC(=O)N(C)C(C)C(=O)O[C@H]1CC(=O)N(C)c2cc(cc(OC)c2Cl)C/C(C)=C/C=C/[C@@H](OC)[C@@]2(O)C[C@H](OC(=O)N2)[C@@H](C)[C@@H]2C[C@]12C. The second-order valence-corrected chi connectivity index (χ2v) is 21.1. The number of halogens is 1. The van der Waals surface area contributed by atoms with E-state index < -0.39 is 83.2 Å². The second-order valence-electron chi connectivity index (χ2n) is 20.8. The quantitative estimate of drug-likeness (QED) is 0.0394. The van der Waals surface area contributed by atoms with Crippen molar-refractivity contribution in [2.75, 3.05) is 66.9 Å². The van der Waals surface area contributed by atoms with Crippen LogP contribution in [0.3, 0.4) is 0 Å². The number of hydrogen-bond donors (Lipinski definition) is 7. The molecule has 6 rings (SSSR count). The molecule has 6 amide bonds. The van der Waals surface area contributed by atoms with E-state index in [1.165, 1.54) is 33.1 Å². The molecule has 3 heterocycles. The van der Waals surface area contributed by atoms with Gasteiger partial charge in [0.25, 0.3) is 11.8 Å². The van der Waals surface area contributed by atoms with Crippen LogP contribution < -0.4 is 36.3 Å². The summed E-state index contributed by atoms with van der Waals surface area (Å²) in [6.45, 7) is 7.81. The molecule has 1 aliphatic carbocycles. The number of rotatable bonds is 19. The normalized spacial score (nSPS) is 25.3. The summed E-state index contributed by atoms with van der Waals surface area (Å²) in [5.41, 5.74) is 4.44. The van der Waals surface area contributed by atoms with Crippen LogP contribution in [0.15, 0.2) is 66.3 Å². The van der Waals surface area contributed by atoms with Crippen molar-refractivity contribution in [1.29, 1.82) is 0 Å². The van der Waals surface area contributed by atoms with Gasteiger partial charge in [0.15, 0.2) is 5.72 Å². The van der Waals surface area contributed by atoms with Gasteiger partial charge < -0.3 is 59.5 Å². The third kappa shape index (κ3) is 14.6. The molecule has 0 spiro atoms. The molecule has 9 atom stereocenters. The molecule has 3 aromatic rings. The molecule has 78 heavy (non-hydrogen) atoms. The van der Waals surface area contributed by atoms with Crippen LogP contribution in [0.2, 0.25) is 5.02 Å². The fraction of sp³-hybridized carbons (Fsp3) is 0.545. The lowest BCUT2D eigenvalue weighted by Gasteiger charge is -2.42. The van der Waals surface area contributed by atoms with Gasteiger partial charge in [0.1, 0.15) is 35.1 Å². The van der Waals surface area contributed by atoms with E-state index in [2.05, 4.69) is 37.3 Å². The number of esters is 1. The van der Waals surface area contributed by atoms with Crippen molar-refractivity contribution in [3.05, 3.63) is 82.5 Å². The third-order valence-corrected chi connectivity index (χ3v) is 15.7. The van der Waals surface area contributed by atoms with E-state index in [0.29, 0.717) is 37.4 Å². The molecule has 426 valence electrons. The number of anilines is 1. The largest absolute Gasteiger partial charge is 0.495 e. The highest BCUT2D eigenvalue weighted by atomic mass is 35.5. The number of methoxy groups -OCH3 is 2. The molecule has 2 aromatic carbocycles. The summed E-state index contributed by atoms with van der Waals surface area (Å²) in [7, 11) is 9.58. The number of aliphatic hydroxyl groups excluding tert-OH is 1. The molecule has 2 fully saturated rings. The number of nitrogens with one attached hydrogen (secondary N) is 5. The van der Waals surface area contributed by atoms with Crippen LogP contribution in [-0.2, 0) is 62.5 Å². The first-order chi connectivity index (χ1) is 36.9. The summed E-state index contributed by atoms with van der Waals surface area (Å²) in [6.07, 6.45) is -0.197. The van der Waals surface area contributed by atoms with Gasteiger partial charge in [-0.1, -0.05) is 67.4 Å². The number of ether oxygens (including phenoxy) is 4. The summed E-state index contributed by atoms with van der Waals surface area (Å²) in [5.74, 6) is -4.52. The van der Waals surface area contributed by atoms with E-state index in [0.717, 1.165) is 32.6 Å². The van der Waals surface area contributed by atoms with Crippen LogP contribution in [0.4, 0.5) is 10.5 Å². The monoisotopic (exact) mass is 1110 g/mol. The number of amides is 6. The molecule has 3 aliphatic rings. The Hall–Kier alpha value is -6.56. The number of hydrazine groups is 1. The van der Waals surface area contributed by atoms with Gasteiger partial charge in [-0.05, 0) is 80.8 Å². The first-order valence-corrected chi connectivity index (χ1v) is 26.5. The molecule has 1 aromatic heterocycles. The van der Waals surface area contributed by atoms with Gasteiger partial charge in [-0.15, -0.1) is 0 Å². The molecule has 22 nitrogen and oxygen atoms in total. The van der Waals surface area contributed by atoms with Crippen LogP contribution in [-0.4, -0.2) is 165 Å². The zero-order chi connectivity index (χ0) is 57.2. The fourth-order valence-corrected chi connectivity index (χ4v) is 10.5. The average molecular weight is 1110 g/mol. The minimum absolute atomic E-state index is 0.0423. The molecular weight excluding hydrogens is 1030 g/mol. The highest BCUT2D eigenvalue weighted by Gasteiger charge is 2.62. The van der Waals surface area contributed by atoms with E-state index in [4.69, 9.17) is 30.5 Å². The molecule has 2 unspecified atom stereocenters. The maximum atomic E-state index is 14.4. The Morgan fingerprint density at radius 3 is 2.38 bits per heavy atom. The number of carbonyl (C=O) groups excluding carboxylic acids is 7. The fourth-order valence-electron chi connectivity index (χ4n) is 10.2. The van der Waals surface area contributed by atoms with Gasteiger partial charge in [-0.3, -0.25) is 34.7 Å². The lowest BCUT2D eigenvalue weighted by atomic mass is 9.83. The summed E-state index contributed by atoms with van der Waals surface area (Å²) >= 11 is 6.83. The Kier molecular flexibility index (Phi) is 20.5. The number of fused-ring (bicyclic) bond motifs is 6. The van der Waals surface area contributed by atoms with Crippen molar-refractivity contribution < 1.29 is 62.7 Å². The number of aryl methyl sites for hydroxylation is 1. The highest BCUT2D eigenvalue weighted by molar-refractivity contribution is 6.35. The van der Waals surface area contributed by atoms with Crippen LogP contribution in [0, 0.1) is 17.3 Å². The van der Waals surface area contributed by atoms with Gasteiger partial charge in [0.2, 0.25) is 23.8 Å². The van der Waals surface area contributed by atoms with Crippen molar-refractivity contribution >= 4 is 69.8 Å². The number of carbonyl (C=O) groups is 7. The topological polar surface area (TPSA) is 272 Å². The maximum absolute atomic E-state index is 14.4. The lowest BCUT2D eigenvalue weighted by molar-refractivity contribution is -0.163. The number of alkyl carbamates (subject to hydrolysis) is 1.